The summed E-state index contributed by atoms with van der Waals surface area (Å²) in [7, 11) is -3.55. The number of piperazine rings is 1. The van der Waals surface area contributed by atoms with Crippen LogP contribution in [0.15, 0.2) is 17.0 Å². The van der Waals surface area contributed by atoms with Gasteiger partial charge in [0.25, 0.3) is 0 Å². The summed E-state index contributed by atoms with van der Waals surface area (Å²) in [5.41, 5.74) is 3.07. The Labute approximate surface area is 166 Å². The maximum Gasteiger partial charge on any atom is 0.241 e. The van der Waals surface area contributed by atoms with E-state index in [4.69, 9.17) is 0 Å². The third kappa shape index (κ3) is 5.76. The molecule has 1 aliphatic heterocycles. The fraction of sp³-hybridized carbons (Fsp3) is 0.714. The molecule has 1 fully saturated rings. The Morgan fingerprint density at radius 1 is 0.963 bits per heavy atom. The molecule has 1 aromatic carbocycles. The van der Waals surface area contributed by atoms with Gasteiger partial charge in [-0.3, -0.25) is 4.90 Å². The second kappa shape index (κ2) is 9.50. The van der Waals surface area contributed by atoms with E-state index in [1.54, 1.807) is 0 Å². The summed E-state index contributed by atoms with van der Waals surface area (Å²) >= 11 is 0. The lowest BCUT2D eigenvalue weighted by Gasteiger charge is -2.27. The largest absolute Gasteiger partial charge is 0.314 e. The standard InChI is InChI=1S/C21H37N3O2S/c1-15(2)18-13-19(16(3)4)21(20(14-18)17(5)6)27(25,26)23-9-12-24-10-7-22-8-11-24/h13-17,22-23H,7-12H2,1-6H3. The number of nitrogens with zero attached hydrogens (tertiary/aromatic N) is 1. The average molecular weight is 396 g/mol. The molecule has 1 aliphatic rings. The molecule has 1 saturated heterocycles. The Bertz CT molecular complexity index is 692. The van der Waals surface area contributed by atoms with Gasteiger partial charge in [0.2, 0.25) is 10.0 Å². The topological polar surface area (TPSA) is 61.4 Å². The third-order valence-corrected chi connectivity index (χ3v) is 6.87. The minimum atomic E-state index is -3.55. The van der Waals surface area contributed by atoms with Gasteiger partial charge in [-0.1, -0.05) is 53.7 Å². The van der Waals surface area contributed by atoms with Crippen LogP contribution >= 0.6 is 0 Å². The summed E-state index contributed by atoms with van der Waals surface area (Å²) in [5.74, 6) is 0.680. The molecular formula is C21H37N3O2S. The minimum Gasteiger partial charge on any atom is -0.314 e. The molecular weight excluding hydrogens is 358 g/mol. The van der Waals surface area contributed by atoms with Gasteiger partial charge in [-0.05, 0) is 34.4 Å². The Morgan fingerprint density at radius 2 is 1.48 bits per heavy atom. The van der Waals surface area contributed by atoms with Gasteiger partial charge in [0.1, 0.15) is 0 Å². The molecule has 0 spiro atoms. The van der Waals surface area contributed by atoms with E-state index in [-0.39, 0.29) is 11.8 Å². The Morgan fingerprint density at radius 3 is 1.93 bits per heavy atom. The van der Waals surface area contributed by atoms with E-state index in [1.165, 1.54) is 5.56 Å². The highest BCUT2D eigenvalue weighted by atomic mass is 32.2. The maximum atomic E-state index is 13.3. The summed E-state index contributed by atoms with van der Waals surface area (Å²) in [5, 5.41) is 3.32. The summed E-state index contributed by atoms with van der Waals surface area (Å²) in [6.07, 6.45) is 0. The number of nitrogens with one attached hydrogen (secondary N) is 2. The molecule has 1 aromatic rings. The lowest BCUT2D eigenvalue weighted by atomic mass is 9.89. The normalized spacial score (nSPS) is 16.6. The Kier molecular flexibility index (Phi) is 7.86. The monoisotopic (exact) mass is 395 g/mol. The molecule has 2 rings (SSSR count). The van der Waals surface area contributed by atoms with Gasteiger partial charge in [-0.25, -0.2) is 13.1 Å². The van der Waals surface area contributed by atoms with Crippen molar-refractivity contribution in [1.29, 1.82) is 0 Å². The summed E-state index contributed by atoms with van der Waals surface area (Å²) in [4.78, 5) is 2.80. The number of rotatable bonds is 8. The van der Waals surface area contributed by atoms with Gasteiger partial charge < -0.3 is 5.32 Å². The molecule has 6 heteroatoms. The number of sulfonamides is 1. The molecule has 0 amide bonds. The third-order valence-electron chi connectivity index (χ3n) is 5.28. The van der Waals surface area contributed by atoms with Crippen molar-refractivity contribution >= 4 is 10.0 Å². The van der Waals surface area contributed by atoms with Crippen molar-refractivity contribution in [3.8, 4) is 0 Å². The van der Waals surface area contributed by atoms with E-state index < -0.39 is 10.0 Å². The van der Waals surface area contributed by atoms with Crippen LogP contribution in [-0.2, 0) is 10.0 Å². The summed E-state index contributed by atoms with van der Waals surface area (Å²) < 4.78 is 29.4. The Balaban J connectivity index is 2.32. The lowest BCUT2D eigenvalue weighted by molar-refractivity contribution is 0.245. The van der Waals surface area contributed by atoms with E-state index >= 15 is 0 Å². The second-order valence-corrected chi connectivity index (χ2v) is 10.2. The first-order chi connectivity index (χ1) is 12.6. The molecule has 0 bridgehead atoms. The van der Waals surface area contributed by atoms with Gasteiger partial charge in [0, 0.05) is 39.3 Å². The first kappa shape index (κ1) is 22.3. The number of hydrogen-bond donors (Lipinski definition) is 2. The summed E-state index contributed by atoms with van der Waals surface area (Å²) in [6, 6.07) is 4.18. The van der Waals surface area contributed by atoms with Gasteiger partial charge in [0.15, 0.2) is 0 Å². The molecule has 0 atom stereocenters. The van der Waals surface area contributed by atoms with Crippen LogP contribution in [0.1, 0.15) is 76.0 Å². The van der Waals surface area contributed by atoms with Crippen molar-refractivity contribution in [3.05, 3.63) is 28.8 Å². The van der Waals surface area contributed by atoms with Crippen molar-refractivity contribution in [2.45, 2.75) is 64.2 Å². The summed E-state index contributed by atoms with van der Waals surface area (Å²) in [6.45, 7) is 17.7. The Hall–Kier alpha value is -0.950. The highest BCUT2D eigenvalue weighted by Crippen LogP contribution is 2.34. The predicted molar refractivity (Wildman–Crippen MR) is 113 cm³/mol. The van der Waals surface area contributed by atoms with Gasteiger partial charge in [0.05, 0.1) is 4.90 Å². The van der Waals surface area contributed by atoms with Crippen molar-refractivity contribution in [2.75, 3.05) is 39.3 Å². The van der Waals surface area contributed by atoms with Crippen LogP contribution in [0.25, 0.3) is 0 Å². The molecule has 0 saturated carbocycles. The highest BCUT2D eigenvalue weighted by molar-refractivity contribution is 7.89. The van der Waals surface area contributed by atoms with Crippen LogP contribution in [0, 0.1) is 0 Å². The molecule has 5 nitrogen and oxygen atoms in total. The van der Waals surface area contributed by atoms with Crippen LogP contribution in [0.2, 0.25) is 0 Å². The molecule has 0 aromatic heterocycles. The van der Waals surface area contributed by atoms with Gasteiger partial charge >= 0.3 is 0 Å². The maximum absolute atomic E-state index is 13.3. The van der Waals surface area contributed by atoms with Crippen molar-refractivity contribution in [1.82, 2.24) is 14.9 Å². The van der Waals surface area contributed by atoms with Gasteiger partial charge in [-0.2, -0.15) is 0 Å². The molecule has 27 heavy (non-hydrogen) atoms. The van der Waals surface area contributed by atoms with E-state index in [0.717, 1.165) is 43.9 Å². The zero-order chi connectivity index (χ0) is 20.2. The van der Waals surface area contributed by atoms with Crippen LogP contribution in [0.4, 0.5) is 0 Å². The average Bonchev–Trinajstić information content (AvgIpc) is 2.61. The fourth-order valence-electron chi connectivity index (χ4n) is 3.54. The lowest BCUT2D eigenvalue weighted by Crippen LogP contribution is -2.46. The van der Waals surface area contributed by atoms with E-state index in [1.807, 2.05) is 0 Å². The molecule has 2 N–H and O–H groups in total. The zero-order valence-corrected chi connectivity index (χ0v) is 18.6. The van der Waals surface area contributed by atoms with E-state index in [9.17, 15) is 8.42 Å². The fourth-order valence-corrected chi connectivity index (χ4v) is 5.26. The zero-order valence-electron chi connectivity index (χ0n) is 17.8. The molecule has 154 valence electrons. The smallest absolute Gasteiger partial charge is 0.241 e. The van der Waals surface area contributed by atoms with Crippen molar-refractivity contribution in [2.24, 2.45) is 0 Å². The van der Waals surface area contributed by atoms with E-state index in [0.29, 0.717) is 17.4 Å². The predicted octanol–water partition coefficient (Wildman–Crippen LogP) is 3.24. The number of benzene rings is 1. The second-order valence-electron chi connectivity index (χ2n) is 8.48. The van der Waals surface area contributed by atoms with Crippen LogP contribution in [0.3, 0.4) is 0 Å². The first-order valence-electron chi connectivity index (χ1n) is 10.2. The van der Waals surface area contributed by atoms with Crippen LogP contribution < -0.4 is 10.0 Å². The highest BCUT2D eigenvalue weighted by Gasteiger charge is 2.26. The van der Waals surface area contributed by atoms with Crippen LogP contribution in [0.5, 0.6) is 0 Å². The molecule has 1 heterocycles. The van der Waals surface area contributed by atoms with Crippen molar-refractivity contribution in [3.63, 3.8) is 0 Å². The van der Waals surface area contributed by atoms with Crippen LogP contribution in [-0.4, -0.2) is 52.6 Å². The SMILES string of the molecule is CC(C)c1cc(C(C)C)c(S(=O)(=O)NCCN2CCNCC2)c(C(C)C)c1. The molecule has 0 aliphatic carbocycles. The quantitative estimate of drug-likeness (QED) is 0.709. The molecule has 0 radical (unpaired) electrons. The number of hydrogen-bond acceptors (Lipinski definition) is 4. The van der Waals surface area contributed by atoms with Crippen molar-refractivity contribution < 1.29 is 8.42 Å². The molecule has 0 unspecified atom stereocenters. The van der Waals surface area contributed by atoms with E-state index in [2.05, 4.69) is 68.6 Å². The minimum absolute atomic E-state index is 0.154. The first-order valence-corrected chi connectivity index (χ1v) is 11.7. The van der Waals surface area contributed by atoms with Gasteiger partial charge in [-0.15, -0.1) is 0 Å².